The molecule has 0 fully saturated rings. The fraction of sp³-hybridized carbons (Fsp3) is 0.160. The highest BCUT2D eigenvalue weighted by Crippen LogP contribution is 2.35. The van der Waals surface area contributed by atoms with Crippen LogP contribution in [0, 0.1) is 0 Å². The molecule has 0 radical (unpaired) electrons. The van der Waals surface area contributed by atoms with E-state index in [1.165, 1.54) is 12.1 Å². The molecule has 5 nitrogen and oxygen atoms in total. The van der Waals surface area contributed by atoms with Gasteiger partial charge in [-0.3, -0.25) is 14.4 Å². The zero-order valence-electron chi connectivity index (χ0n) is 17.5. The zero-order chi connectivity index (χ0) is 23.0. The van der Waals surface area contributed by atoms with E-state index in [1.54, 1.807) is 24.3 Å². The number of nitrogens with zero attached hydrogens (tertiary/aromatic N) is 1. The van der Waals surface area contributed by atoms with E-state index in [0.717, 1.165) is 34.6 Å². The second-order valence-corrected chi connectivity index (χ2v) is 8.20. The standard InChI is InChI=1S/C25H20Cl2N2O3/c1-3-14-8-7-9-15(4-2)22(14)28-23(30)16-10-5-6-11-21(16)29-24(31)17-12-19(26)20(27)13-18(17)25(29)32/h5-13H,3-4H2,1-2H3,(H,28,30). The van der Waals surface area contributed by atoms with Crippen molar-refractivity contribution in [2.75, 3.05) is 10.2 Å². The van der Waals surface area contributed by atoms with Crippen LogP contribution in [0.1, 0.15) is 56.0 Å². The van der Waals surface area contributed by atoms with Gasteiger partial charge in [0.05, 0.1) is 32.4 Å². The topological polar surface area (TPSA) is 66.5 Å². The molecule has 3 aromatic rings. The van der Waals surface area contributed by atoms with Crippen molar-refractivity contribution in [2.24, 2.45) is 0 Å². The Hall–Kier alpha value is -3.15. The van der Waals surface area contributed by atoms with Gasteiger partial charge in [0.15, 0.2) is 0 Å². The number of para-hydroxylation sites is 2. The summed E-state index contributed by atoms with van der Waals surface area (Å²) in [5, 5.41) is 3.37. The number of carbonyl (C=O) groups excluding carboxylic acids is 3. The third-order valence-electron chi connectivity index (χ3n) is 5.55. The Morgan fingerprint density at radius 2 is 1.38 bits per heavy atom. The van der Waals surface area contributed by atoms with Gasteiger partial charge in [0, 0.05) is 5.69 Å². The number of nitrogens with one attached hydrogen (secondary N) is 1. The molecular weight excluding hydrogens is 447 g/mol. The Labute approximate surface area is 195 Å². The Kier molecular flexibility index (Phi) is 6.04. The lowest BCUT2D eigenvalue weighted by atomic mass is 10.0. The molecule has 0 spiro atoms. The fourth-order valence-electron chi connectivity index (χ4n) is 3.90. The third-order valence-corrected chi connectivity index (χ3v) is 6.28. The molecule has 0 atom stereocenters. The smallest absolute Gasteiger partial charge is 0.266 e. The van der Waals surface area contributed by atoms with Crippen LogP contribution in [-0.2, 0) is 12.8 Å². The first-order valence-electron chi connectivity index (χ1n) is 10.3. The monoisotopic (exact) mass is 466 g/mol. The molecule has 3 aromatic carbocycles. The molecule has 32 heavy (non-hydrogen) atoms. The minimum absolute atomic E-state index is 0.157. The van der Waals surface area contributed by atoms with Crippen LogP contribution >= 0.6 is 23.2 Å². The maximum absolute atomic E-state index is 13.3. The summed E-state index contributed by atoms with van der Waals surface area (Å²) in [5.41, 5.74) is 3.52. The summed E-state index contributed by atoms with van der Waals surface area (Å²) in [4.78, 5) is 40.5. The number of anilines is 2. The number of rotatable bonds is 5. The van der Waals surface area contributed by atoms with Crippen molar-refractivity contribution in [1.82, 2.24) is 0 Å². The molecule has 0 saturated heterocycles. The number of carbonyl (C=O) groups is 3. The van der Waals surface area contributed by atoms with Crippen molar-refractivity contribution in [2.45, 2.75) is 26.7 Å². The maximum Gasteiger partial charge on any atom is 0.266 e. The van der Waals surface area contributed by atoms with Gasteiger partial charge in [-0.1, -0.05) is 67.4 Å². The molecule has 0 aromatic heterocycles. The van der Waals surface area contributed by atoms with Gasteiger partial charge in [0.2, 0.25) is 0 Å². The Morgan fingerprint density at radius 3 is 1.91 bits per heavy atom. The largest absolute Gasteiger partial charge is 0.321 e. The van der Waals surface area contributed by atoms with Crippen molar-refractivity contribution in [1.29, 1.82) is 0 Å². The average Bonchev–Trinajstić information content (AvgIpc) is 3.03. The van der Waals surface area contributed by atoms with Gasteiger partial charge in [-0.25, -0.2) is 4.90 Å². The fourth-order valence-corrected chi connectivity index (χ4v) is 4.22. The highest BCUT2D eigenvalue weighted by atomic mass is 35.5. The number of benzene rings is 3. The molecule has 162 valence electrons. The lowest BCUT2D eigenvalue weighted by molar-refractivity contribution is 0.0926. The van der Waals surface area contributed by atoms with Crippen molar-refractivity contribution >= 4 is 52.3 Å². The third kappa shape index (κ3) is 3.68. The van der Waals surface area contributed by atoms with E-state index in [2.05, 4.69) is 5.32 Å². The Morgan fingerprint density at radius 1 is 0.844 bits per heavy atom. The summed E-state index contributed by atoms with van der Waals surface area (Å²) in [5.74, 6) is -1.50. The maximum atomic E-state index is 13.3. The van der Waals surface area contributed by atoms with Crippen LogP contribution in [0.4, 0.5) is 11.4 Å². The van der Waals surface area contributed by atoms with Crippen LogP contribution in [0.2, 0.25) is 10.0 Å². The minimum Gasteiger partial charge on any atom is -0.321 e. The van der Waals surface area contributed by atoms with E-state index >= 15 is 0 Å². The summed E-state index contributed by atoms with van der Waals surface area (Å²) in [6.45, 7) is 4.04. The molecule has 1 aliphatic rings. The summed E-state index contributed by atoms with van der Waals surface area (Å²) in [7, 11) is 0. The van der Waals surface area contributed by atoms with E-state index in [-0.39, 0.29) is 32.4 Å². The van der Waals surface area contributed by atoms with Crippen LogP contribution in [0.3, 0.4) is 0 Å². The van der Waals surface area contributed by atoms with Crippen molar-refractivity contribution in [3.05, 3.63) is 92.5 Å². The summed E-state index contributed by atoms with van der Waals surface area (Å²) in [6, 6.07) is 15.2. The summed E-state index contributed by atoms with van der Waals surface area (Å²) >= 11 is 12.1. The number of hydrogen-bond acceptors (Lipinski definition) is 3. The lowest BCUT2D eigenvalue weighted by Gasteiger charge is -2.19. The number of imide groups is 1. The van der Waals surface area contributed by atoms with Crippen molar-refractivity contribution in [3.8, 4) is 0 Å². The van der Waals surface area contributed by atoms with Crippen molar-refractivity contribution < 1.29 is 14.4 Å². The van der Waals surface area contributed by atoms with E-state index in [1.807, 2.05) is 32.0 Å². The molecule has 0 unspecified atom stereocenters. The van der Waals surface area contributed by atoms with Crippen LogP contribution in [0.25, 0.3) is 0 Å². The van der Waals surface area contributed by atoms with Gasteiger partial charge in [0.25, 0.3) is 17.7 Å². The number of amides is 3. The average molecular weight is 467 g/mol. The van der Waals surface area contributed by atoms with Crippen LogP contribution in [0.15, 0.2) is 54.6 Å². The van der Waals surface area contributed by atoms with Gasteiger partial charge in [0.1, 0.15) is 0 Å². The molecule has 1 N–H and O–H groups in total. The summed E-state index contributed by atoms with van der Waals surface area (Å²) in [6.07, 6.45) is 1.51. The normalized spacial score (nSPS) is 12.8. The first-order chi connectivity index (χ1) is 15.4. The SMILES string of the molecule is CCc1cccc(CC)c1NC(=O)c1ccccc1N1C(=O)c2cc(Cl)c(Cl)cc2C1=O. The predicted molar refractivity (Wildman–Crippen MR) is 127 cm³/mol. The van der Waals surface area contributed by atoms with Crippen LogP contribution in [0.5, 0.6) is 0 Å². The number of hydrogen-bond donors (Lipinski definition) is 1. The molecule has 0 saturated carbocycles. The molecular formula is C25H20Cl2N2O3. The van der Waals surface area contributed by atoms with Gasteiger partial charge in [-0.15, -0.1) is 0 Å². The molecule has 0 bridgehead atoms. The van der Waals surface area contributed by atoms with E-state index in [4.69, 9.17) is 23.2 Å². The number of fused-ring (bicyclic) bond motifs is 1. The second kappa shape index (κ2) is 8.77. The minimum atomic E-state index is -0.549. The molecule has 3 amide bonds. The van der Waals surface area contributed by atoms with Gasteiger partial charge < -0.3 is 5.32 Å². The number of aryl methyl sites for hydroxylation is 2. The Bertz CT molecular complexity index is 1210. The van der Waals surface area contributed by atoms with Gasteiger partial charge in [-0.2, -0.15) is 0 Å². The van der Waals surface area contributed by atoms with Gasteiger partial charge in [-0.05, 0) is 48.2 Å². The Balaban J connectivity index is 1.75. The van der Waals surface area contributed by atoms with E-state index in [0.29, 0.717) is 0 Å². The zero-order valence-corrected chi connectivity index (χ0v) is 19.1. The second-order valence-electron chi connectivity index (χ2n) is 7.39. The first-order valence-corrected chi connectivity index (χ1v) is 11.0. The quantitative estimate of drug-likeness (QED) is 0.457. The highest BCUT2D eigenvalue weighted by Gasteiger charge is 2.39. The molecule has 1 aliphatic heterocycles. The predicted octanol–water partition coefficient (Wildman–Crippen LogP) is 6.17. The summed E-state index contributed by atoms with van der Waals surface area (Å²) < 4.78 is 0. The van der Waals surface area contributed by atoms with Crippen LogP contribution < -0.4 is 10.2 Å². The molecule has 7 heteroatoms. The lowest BCUT2D eigenvalue weighted by Crippen LogP contribution is -2.31. The first kappa shape index (κ1) is 22.1. The van der Waals surface area contributed by atoms with Crippen LogP contribution in [-0.4, -0.2) is 17.7 Å². The highest BCUT2D eigenvalue weighted by molar-refractivity contribution is 6.44. The molecule has 0 aliphatic carbocycles. The van der Waals surface area contributed by atoms with Gasteiger partial charge >= 0.3 is 0 Å². The van der Waals surface area contributed by atoms with E-state index in [9.17, 15) is 14.4 Å². The molecule has 1 heterocycles. The number of halogens is 2. The van der Waals surface area contributed by atoms with Crippen molar-refractivity contribution in [3.63, 3.8) is 0 Å². The molecule has 4 rings (SSSR count). The van der Waals surface area contributed by atoms with E-state index < -0.39 is 17.7 Å².